The van der Waals surface area contributed by atoms with Crippen molar-refractivity contribution in [2.75, 3.05) is 62.9 Å². The van der Waals surface area contributed by atoms with E-state index in [-0.39, 0.29) is 61.1 Å². The van der Waals surface area contributed by atoms with Crippen LogP contribution in [0.25, 0.3) is 0 Å². The van der Waals surface area contributed by atoms with Crippen LogP contribution in [0, 0.1) is 0 Å². The van der Waals surface area contributed by atoms with Gasteiger partial charge in [-0.15, -0.1) is 12.4 Å². The number of phenols is 2. The van der Waals surface area contributed by atoms with Gasteiger partial charge in [0.25, 0.3) is 0 Å². The van der Waals surface area contributed by atoms with Gasteiger partial charge in [-0.1, -0.05) is 0 Å². The summed E-state index contributed by atoms with van der Waals surface area (Å²) in [4.78, 5) is 27.0. The van der Waals surface area contributed by atoms with E-state index in [1.165, 1.54) is 12.1 Å². The Morgan fingerprint density at radius 1 is 0.667 bits per heavy atom. The fourth-order valence-electron chi connectivity index (χ4n) is 3.38. The molecule has 0 radical (unpaired) electrons. The Balaban J connectivity index is 0.00000588. The average molecular weight is 489 g/mol. The molecule has 0 saturated heterocycles. The second-order valence-electron chi connectivity index (χ2n) is 6.60. The second kappa shape index (κ2) is 12.4. The third kappa shape index (κ3) is 5.73. The average Bonchev–Trinajstić information content (AvgIpc) is 2.83. The van der Waals surface area contributed by atoms with E-state index in [0.29, 0.717) is 0 Å². The molecule has 1 aliphatic carbocycles. The number of carbonyl (C=O) groups is 2. The number of rotatable bonds is 12. The predicted molar refractivity (Wildman–Crippen MR) is 127 cm³/mol. The highest BCUT2D eigenvalue weighted by molar-refractivity contribution is 6.33. The van der Waals surface area contributed by atoms with Crippen LogP contribution in [-0.2, 0) is 0 Å². The van der Waals surface area contributed by atoms with Crippen LogP contribution in [0.4, 0.5) is 11.4 Å². The number of phenolic OH excluding ortho intramolecular Hbond substituents is 2. The molecular formula is C22H29ClN4O6. The number of aliphatic hydroxyl groups is 2. The summed E-state index contributed by atoms with van der Waals surface area (Å²) >= 11 is 0. The summed E-state index contributed by atoms with van der Waals surface area (Å²) in [5, 5.41) is 49.3. The molecule has 0 fully saturated rings. The highest BCUT2D eigenvalue weighted by atomic mass is 35.5. The lowest BCUT2D eigenvalue weighted by Crippen LogP contribution is -2.28. The largest absolute Gasteiger partial charge is 0.507 e. The van der Waals surface area contributed by atoms with Crippen molar-refractivity contribution in [2.45, 2.75) is 0 Å². The minimum atomic E-state index is -3.18. The van der Waals surface area contributed by atoms with Crippen molar-refractivity contribution in [1.82, 2.24) is 10.6 Å². The Hall–Kier alpha value is -2.89. The molecule has 0 aliphatic heterocycles. The summed E-state index contributed by atoms with van der Waals surface area (Å²) in [6.07, 6.45) is 0. The monoisotopic (exact) mass is 488 g/mol. The summed E-state index contributed by atoms with van der Waals surface area (Å²) < 4.78 is 58.8. The van der Waals surface area contributed by atoms with Crippen molar-refractivity contribution in [3.8, 4) is 11.5 Å². The van der Waals surface area contributed by atoms with Crippen LogP contribution < -0.4 is 21.3 Å². The Labute approximate surface area is 208 Å². The maximum absolute atomic E-state index is 13.5. The lowest BCUT2D eigenvalue weighted by Gasteiger charge is -2.25. The molecule has 0 saturated carbocycles. The van der Waals surface area contributed by atoms with Crippen LogP contribution in [0.5, 0.6) is 11.5 Å². The van der Waals surface area contributed by atoms with Crippen molar-refractivity contribution < 1.29 is 41.0 Å². The van der Waals surface area contributed by atoms with Gasteiger partial charge in [0, 0.05) is 56.0 Å². The third-order valence-corrected chi connectivity index (χ3v) is 4.69. The molecule has 1 aliphatic rings. The number of benzene rings is 2. The number of carbonyl (C=O) groups excluding carboxylic acids is 2. The van der Waals surface area contributed by atoms with E-state index in [1.54, 1.807) is 0 Å². The zero-order valence-electron chi connectivity index (χ0n) is 25.2. The highest BCUT2D eigenvalue weighted by Crippen LogP contribution is 2.42. The van der Waals surface area contributed by atoms with E-state index in [1.807, 2.05) is 0 Å². The molecule has 0 amide bonds. The number of ketones is 2. The number of aromatic hydroxyl groups is 2. The molecule has 2 aromatic carbocycles. The van der Waals surface area contributed by atoms with Crippen LogP contribution in [0.1, 0.15) is 42.8 Å². The van der Waals surface area contributed by atoms with Gasteiger partial charge < -0.3 is 41.7 Å². The first-order chi connectivity index (χ1) is 18.3. The van der Waals surface area contributed by atoms with Crippen molar-refractivity contribution in [1.29, 1.82) is 0 Å². The van der Waals surface area contributed by atoms with Crippen LogP contribution in [0.15, 0.2) is 24.3 Å². The summed E-state index contributed by atoms with van der Waals surface area (Å²) in [6, 6.07) is 4.90. The van der Waals surface area contributed by atoms with Gasteiger partial charge in [-0.2, -0.15) is 0 Å². The molecule has 180 valence electrons. The Morgan fingerprint density at radius 3 is 1.42 bits per heavy atom. The Bertz CT molecular complexity index is 1220. The first-order valence-electron chi connectivity index (χ1n) is 13.5. The number of nitrogens with one attached hydrogen (secondary N) is 4. The quantitative estimate of drug-likeness (QED) is 0.131. The van der Waals surface area contributed by atoms with E-state index < -0.39 is 60.3 Å². The molecule has 11 heteroatoms. The molecule has 10 nitrogen and oxygen atoms in total. The number of hydrogen-bond acceptors (Lipinski definition) is 10. The summed E-state index contributed by atoms with van der Waals surface area (Å²) in [5.41, 5.74) is -1.08. The van der Waals surface area contributed by atoms with Crippen molar-refractivity contribution in [3.05, 3.63) is 46.5 Å². The SMILES string of the molecule is Cl.[2H]C([2H])(O)C([2H])([2H])NCCNc1ccc(NCCNC([2H])([2H])C([2H])([2H])O)c2c1C(=O)c1c(O)ccc(O)c1C2=O. The molecule has 8 N–H and O–H groups in total. The molecule has 2 aromatic rings. The van der Waals surface area contributed by atoms with Gasteiger partial charge in [-0.25, -0.2) is 0 Å². The summed E-state index contributed by atoms with van der Waals surface area (Å²) in [7, 11) is 0. The standard InChI is InChI=1S/C22H28N4O6.ClH/c27-11-9-23-5-7-25-13-1-2-14(26-8-6-24-10-12-28)18-17(13)21(31)19-15(29)3-4-16(30)20(19)22(18)32;/h1-4,23-30H,5-12H2;1H/i9D2,10D2,11D2,12D2;. The van der Waals surface area contributed by atoms with E-state index in [0.717, 1.165) is 12.1 Å². The van der Waals surface area contributed by atoms with E-state index in [9.17, 15) is 30.0 Å². The second-order valence-corrected chi connectivity index (χ2v) is 6.60. The summed E-state index contributed by atoms with van der Waals surface area (Å²) in [6.45, 7) is -12.6. The van der Waals surface area contributed by atoms with Crippen molar-refractivity contribution in [3.63, 3.8) is 0 Å². The zero-order chi connectivity index (χ0) is 30.3. The molecule has 0 spiro atoms. The molecule has 33 heavy (non-hydrogen) atoms. The van der Waals surface area contributed by atoms with Crippen LogP contribution in [0.3, 0.4) is 0 Å². The highest BCUT2D eigenvalue weighted by Gasteiger charge is 2.37. The van der Waals surface area contributed by atoms with Gasteiger partial charge in [0.15, 0.2) is 0 Å². The fraction of sp³-hybridized carbons (Fsp3) is 0.364. The van der Waals surface area contributed by atoms with Gasteiger partial charge in [0.1, 0.15) is 11.5 Å². The van der Waals surface area contributed by atoms with Gasteiger partial charge in [0.2, 0.25) is 11.6 Å². The minimum Gasteiger partial charge on any atom is -0.507 e. The smallest absolute Gasteiger partial charge is 0.200 e. The fourth-order valence-corrected chi connectivity index (χ4v) is 3.38. The predicted octanol–water partition coefficient (Wildman–Crippen LogP) is 0.283. The van der Waals surface area contributed by atoms with Gasteiger partial charge in [-0.3, -0.25) is 9.59 Å². The summed E-state index contributed by atoms with van der Waals surface area (Å²) in [5.74, 6) is -2.74. The topological polar surface area (TPSA) is 163 Å². The van der Waals surface area contributed by atoms with E-state index in [2.05, 4.69) is 21.3 Å². The van der Waals surface area contributed by atoms with Crippen LogP contribution in [-0.4, -0.2) is 84.3 Å². The molecule has 0 atom stereocenters. The number of hydrogen-bond donors (Lipinski definition) is 8. The Kier molecular flexibility index (Phi) is 6.26. The Morgan fingerprint density at radius 2 is 1.06 bits per heavy atom. The molecule has 0 heterocycles. The normalized spacial score (nSPS) is 17.4. The van der Waals surface area contributed by atoms with E-state index in [4.69, 9.17) is 11.0 Å². The molecule has 0 unspecified atom stereocenters. The van der Waals surface area contributed by atoms with Crippen LogP contribution >= 0.6 is 12.4 Å². The van der Waals surface area contributed by atoms with Crippen molar-refractivity contribution >= 4 is 35.3 Å². The van der Waals surface area contributed by atoms with Gasteiger partial charge in [-0.05, 0) is 24.3 Å². The maximum atomic E-state index is 13.5. The zero-order valence-corrected chi connectivity index (χ0v) is 18.0. The van der Waals surface area contributed by atoms with Gasteiger partial charge in [0.05, 0.1) is 40.9 Å². The van der Waals surface area contributed by atoms with Crippen molar-refractivity contribution in [2.24, 2.45) is 0 Å². The number of anilines is 2. The first-order valence-corrected chi connectivity index (χ1v) is 9.54. The first kappa shape index (κ1) is 16.7. The maximum Gasteiger partial charge on any atom is 0.200 e. The third-order valence-electron chi connectivity index (χ3n) is 4.69. The molecule has 0 bridgehead atoms. The van der Waals surface area contributed by atoms with Gasteiger partial charge >= 0.3 is 0 Å². The molecule has 0 aromatic heterocycles. The molecule has 3 rings (SSSR count). The lowest BCUT2D eigenvalue weighted by molar-refractivity contribution is 0.0975. The minimum absolute atomic E-state index is 0. The molecular weight excluding hydrogens is 452 g/mol. The van der Waals surface area contributed by atoms with E-state index >= 15 is 0 Å². The van der Waals surface area contributed by atoms with Crippen LogP contribution in [0.2, 0.25) is 0 Å². The number of fused-ring (bicyclic) bond motifs is 2. The lowest BCUT2D eigenvalue weighted by atomic mass is 9.81. The number of halogens is 1.